The van der Waals surface area contributed by atoms with Crippen LogP contribution < -0.4 is 16.2 Å². The molecule has 146 valence electrons. The summed E-state index contributed by atoms with van der Waals surface area (Å²) in [5.41, 5.74) is 8.06. The lowest BCUT2D eigenvalue weighted by molar-refractivity contribution is -0.384. The largest absolute Gasteiger partial charge is 0.481 e. The number of carboxylic acid groups (broad SMARTS) is 1. The number of nitro benzene ring substituents is 1. The van der Waals surface area contributed by atoms with Crippen LogP contribution in [0.1, 0.15) is 29.6 Å². The van der Waals surface area contributed by atoms with Crippen molar-refractivity contribution in [1.29, 1.82) is 0 Å². The molecule has 28 heavy (non-hydrogen) atoms. The van der Waals surface area contributed by atoms with Crippen LogP contribution >= 0.6 is 11.6 Å². The van der Waals surface area contributed by atoms with Crippen LogP contribution in [0.5, 0.6) is 0 Å². The number of carbonyl (C=O) groups is 1. The Balaban J connectivity index is 1.61. The van der Waals surface area contributed by atoms with E-state index < -0.39 is 16.8 Å². The van der Waals surface area contributed by atoms with Gasteiger partial charge >= 0.3 is 5.97 Å². The summed E-state index contributed by atoms with van der Waals surface area (Å²) in [7, 11) is 0. The molecule has 0 saturated carbocycles. The number of hydrogen-bond acceptors (Lipinski definition) is 6. The number of hydrazine groups is 1. The number of nitrogens with zero attached hydrogens (tertiary/aromatic N) is 1. The highest BCUT2D eigenvalue weighted by molar-refractivity contribution is 6.30. The number of nitro groups is 1. The first-order chi connectivity index (χ1) is 13.4. The monoisotopic (exact) mass is 402 g/mol. The Kier molecular flexibility index (Phi) is 5.03. The van der Waals surface area contributed by atoms with Crippen LogP contribution in [0, 0.1) is 22.0 Å². The molecule has 2 aliphatic rings. The Bertz CT molecular complexity index is 907. The molecule has 2 fully saturated rings. The Labute approximate surface area is 166 Å². The van der Waals surface area contributed by atoms with Crippen molar-refractivity contribution in [3.8, 4) is 0 Å². The maximum absolute atomic E-state index is 12.1. The van der Waals surface area contributed by atoms with Gasteiger partial charge < -0.3 is 5.11 Å². The highest BCUT2D eigenvalue weighted by atomic mass is 35.5. The zero-order valence-corrected chi connectivity index (χ0v) is 15.5. The first-order valence-electron chi connectivity index (χ1n) is 8.94. The molecule has 0 bridgehead atoms. The van der Waals surface area contributed by atoms with Gasteiger partial charge in [-0.3, -0.25) is 20.2 Å². The summed E-state index contributed by atoms with van der Waals surface area (Å²) in [6.45, 7) is 0. The van der Waals surface area contributed by atoms with Crippen LogP contribution in [0.4, 0.5) is 5.69 Å². The zero-order valence-electron chi connectivity index (χ0n) is 14.7. The summed E-state index contributed by atoms with van der Waals surface area (Å²) < 4.78 is 0. The molecule has 0 amide bonds. The first kappa shape index (κ1) is 18.8. The maximum atomic E-state index is 12.1. The quantitative estimate of drug-likeness (QED) is 0.459. The normalized spacial score (nSPS) is 29.2. The zero-order chi connectivity index (χ0) is 19.8. The van der Waals surface area contributed by atoms with Crippen LogP contribution in [-0.2, 0) is 4.79 Å². The molecule has 0 radical (unpaired) electrons. The van der Waals surface area contributed by atoms with Gasteiger partial charge in [0.15, 0.2) is 0 Å². The summed E-state index contributed by atoms with van der Waals surface area (Å²) in [5.74, 6) is -1.71. The van der Waals surface area contributed by atoms with E-state index in [2.05, 4.69) is 16.2 Å². The Morgan fingerprint density at radius 2 is 1.89 bits per heavy atom. The molecule has 2 saturated heterocycles. The summed E-state index contributed by atoms with van der Waals surface area (Å²) in [6.07, 6.45) is 0.156. The van der Waals surface area contributed by atoms with E-state index >= 15 is 0 Å². The number of aliphatic carboxylic acids is 1. The number of carboxylic acids is 1. The lowest BCUT2D eigenvalue weighted by Gasteiger charge is -2.39. The van der Waals surface area contributed by atoms with Gasteiger partial charge in [-0.15, -0.1) is 0 Å². The molecule has 4 rings (SSSR count). The minimum Gasteiger partial charge on any atom is -0.481 e. The molecule has 0 aliphatic carbocycles. The lowest BCUT2D eigenvalue weighted by atomic mass is 9.75. The molecule has 0 aromatic heterocycles. The van der Waals surface area contributed by atoms with Crippen LogP contribution in [0.15, 0.2) is 48.5 Å². The van der Waals surface area contributed by atoms with E-state index in [1.54, 1.807) is 18.2 Å². The van der Waals surface area contributed by atoms with Crippen molar-refractivity contribution in [3.05, 3.63) is 74.8 Å². The molecular formula is C19H19ClN4O4. The van der Waals surface area contributed by atoms with Gasteiger partial charge in [-0.2, -0.15) is 0 Å². The van der Waals surface area contributed by atoms with Crippen molar-refractivity contribution in [2.45, 2.75) is 24.7 Å². The van der Waals surface area contributed by atoms with E-state index in [9.17, 15) is 20.0 Å². The number of halogens is 1. The number of piperidine rings is 1. The summed E-state index contributed by atoms with van der Waals surface area (Å²) in [4.78, 5) is 22.5. The second-order valence-electron chi connectivity index (χ2n) is 7.12. The fourth-order valence-corrected chi connectivity index (χ4v) is 4.41. The van der Waals surface area contributed by atoms with Crippen molar-refractivity contribution in [2.24, 2.45) is 11.8 Å². The van der Waals surface area contributed by atoms with E-state index in [1.807, 2.05) is 18.2 Å². The Hall–Kier alpha value is -2.52. The third kappa shape index (κ3) is 3.47. The third-order valence-electron chi connectivity index (χ3n) is 5.53. The molecule has 2 aromatic carbocycles. The lowest BCUT2D eigenvalue weighted by Crippen LogP contribution is -2.53. The summed E-state index contributed by atoms with van der Waals surface area (Å²) in [6, 6.07) is 13.2. The highest BCUT2D eigenvalue weighted by Crippen LogP contribution is 2.42. The number of benzene rings is 2. The first-order valence-corrected chi connectivity index (χ1v) is 9.31. The van der Waals surface area contributed by atoms with Gasteiger partial charge in [0.2, 0.25) is 0 Å². The topological polar surface area (TPSA) is 117 Å². The predicted octanol–water partition coefficient (Wildman–Crippen LogP) is 2.77. The summed E-state index contributed by atoms with van der Waals surface area (Å²) in [5, 5.41) is 24.8. The van der Waals surface area contributed by atoms with Crippen LogP contribution in [-0.4, -0.2) is 22.2 Å². The summed E-state index contributed by atoms with van der Waals surface area (Å²) >= 11 is 6.09. The molecule has 5 unspecified atom stereocenters. The molecular weight excluding hydrogens is 384 g/mol. The van der Waals surface area contributed by atoms with Crippen LogP contribution in [0.2, 0.25) is 5.02 Å². The predicted molar refractivity (Wildman–Crippen MR) is 102 cm³/mol. The molecule has 2 aliphatic heterocycles. The van der Waals surface area contributed by atoms with Gasteiger partial charge in [-0.05, 0) is 29.7 Å². The van der Waals surface area contributed by atoms with Crippen molar-refractivity contribution in [3.63, 3.8) is 0 Å². The van der Waals surface area contributed by atoms with Crippen LogP contribution in [0.3, 0.4) is 0 Å². The number of nitrogens with one attached hydrogen (secondary N) is 3. The number of rotatable bonds is 4. The Morgan fingerprint density at radius 3 is 2.54 bits per heavy atom. The van der Waals surface area contributed by atoms with E-state index in [0.29, 0.717) is 11.4 Å². The van der Waals surface area contributed by atoms with Crippen LogP contribution in [0.25, 0.3) is 0 Å². The molecule has 9 heteroatoms. The number of hydrogen-bond donors (Lipinski definition) is 4. The van der Waals surface area contributed by atoms with Gasteiger partial charge in [0.1, 0.15) is 0 Å². The second kappa shape index (κ2) is 7.48. The average molecular weight is 403 g/mol. The number of fused-ring (bicyclic) bond motifs is 1. The maximum Gasteiger partial charge on any atom is 0.307 e. The van der Waals surface area contributed by atoms with Gasteiger partial charge in [-0.25, -0.2) is 10.9 Å². The molecule has 4 N–H and O–H groups in total. The highest BCUT2D eigenvalue weighted by Gasteiger charge is 2.49. The van der Waals surface area contributed by atoms with Gasteiger partial charge in [0, 0.05) is 29.1 Å². The molecule has 8 nitrogen and oxygen atoms in total. The number of non-ortho nitro benzene ring substituents is 1. The minimum absolute atomic E-state index is 0.00355. The SMILES string of the molecule is O=C(O)C1CC(c2cccc(Cl)c2)NC2NNC(c3ccc([N+](=O)[O-])cc3)C21. The smallest absolute Gasteiger partial charge is 0.307 e. The van der Waals surface area contributed by atoms with Gasteiger partial charge in [-0.1, -0.05) is 35.9 Å². The standard InChI is InChI=1S/C19H19ClN4O4/c20-12-3-1-2-11(8-12)15-9-14(19(25)26)16-17(22-23-18(16)21-15)10-4-6-13(7-5-10)24(27)28/h1-8,14-18,21-23H,9H2,(H,25,26). The van der Waals surface area contributed by atoms with Crippen molar-refractivity contribution in [2.75, 3.05) is 0 Å². The van der Waals surface area contributed by atoms with E-state index in [-0.39, 0.29) is 29.9 Å². The van der Waals surface area contributed by atoms with E-state index in [0.717, 1.165) is 11.1 Å². The van der Waals surface area contributed by atoms with Crippen molar-refractivity contribution < 1.29 is 14.8 Å². The average Bonchev–Trinajstić information content (AvgIpc) is 3.11. The fraction of sp³-hybridized carbons (Fsp3) is 0.316. The Morgan fingerprint density at radius 1 is 1.14 bits per heavy atom. The minimum atomic E-state index is -0.860. The molecule has 2 aromatic rings. The molecule has 5 atom stereocenters. The van der Waals surface area contributed by atoms with E-state index in [1.165, 1.54) is 12.1 Å². The van der Waals surface area contributed by atoms with E-state index in [4.69, 9.17) is 11.6 Å². The van der Waals surface area contributed by atoms with Crippen molar-refractivity contribution >= 4 is 23.3 Å². The fourth-order valence-electron chi connectivity index (χ4n) is 4.21. The van der Waals surface area contributed by atoms with Gasteiger partial charge in [0.05, 0.1) is 23.0 Å². The molecule has 2 heterocycles. The second-order valence-corrected chi connectivity index (χ2v) is 7.56. The third-order valence-corrected chi connectivity index (χ3v) is 5.77. The molecule has 0 spiro atoms. The van der Waals surface area contributed by atoms with Gasteiger partial charge in [0.25, 0.3) is 5.69 Å². The van der Waals surface area contributed by atoms with Crippen molar-refractivity contribution in [1.82, 2.24) is 16.2 Å².